The van der Waals surface area contributed by atoms with E-state index in [0.29, 0.717) is 22.4 Å². The number of aromatic nitrogens is 1. The van der Waals surface area contributed by atoms with E-state index in [1.807, 2.05) is 0 Å². The molecule has 0 atom stereocenters. The van der Waals surface area contributed by atoms with Crippen molar-refractivity contribution in [3.63, 3.8) is 0 Å². The first-order chi connectivity index (χ1) is 11.0. The number of amides is 1. The maximum atomic E-state index is 13.6. The molecule has 5 nitrogen and oxygen atoms in total. The highest BCUT2D eigenvalue weighted by molar-refractivity contribution is 6.07. The minimum atomic E-state index is -1.08. The fraction of sp³-hybridized carbons (Fsp3) is 0.353. The van der Waals surface area contributed by atoms with Crippen molar-refractivity contribution in [2.45, 2.75) is 25.7 Å². The Morgan fingerprint density at radius 1 is 1.35 bits per heavy atom. The number of nitrogens with zero attached hydrogens (tertiary/aromatic N) is 2. The summed E-state index contributed by atoms with van der Waals surface area (Å²) in [5.41, 5.74) is 1.70. The minimum Gasteiger partial charge on any atom is -0.480 e. The Morgan fingerprint density at radius 2 is 2.09 bits per heavy atom. The van der Waals surface area contributed by atoms with Crippen LogP contribution >= 0.6 is 0 Å². The van der Waals surface area contributed by atoms with Gasteiger partial charge in [-0.3, -0.25) is 14.6 Å². The summed E-state index contributed by atoms with van der Waals surface area (Å²) in [6.45, 7) is 1.60. The molecule has 1 amide bonds. The lowest BCUT2D eigenvalue weighted by Gasteiger charge is -2.20. The first-order valence-electron chi connectivity index (χ1n) is 7.61. The van der Waals surface area contributed by atoms with Crippen molar-refractivity contribution in [3.05, 3.63) is 41.3 Å². The van der Waals surface area contributed by atoms with Crippen molar-refractivity contribution in [2.24, 2.45) is 0 Å². The van der Waals surface area contributed by atoms with Gasteiger partial charge in [0.25, 0.3) is 5.91 Å². The smallest absolute Gasteiger partial charge is 0.323 e. The predicted molar refractivity (Wildman–Crippen MR) is 82.9 cm³/mol. The van der Waals surface area contributed by atoms with E-state index in [1.165, 1.54) is 17.0 Å². The van der Waals surface area contributed by atoms with E-state index in [0.717, 1.165) is 18.5 Å². The number of carbonyl (C=O) groups is 2. The Labute approximate surface area is 132 Å². The van der Waals surface area contributed by atoms with Crippen LogP contribution in [-0.4, -0.2) is 40.0 Å². The highest BCUT2D eigenvalue weighted by Crippen LogP contribution is 2.40. The maximum absolute atomic E-state index is 13.6. The minimum absolute atomic E-state index is 0.267. The molecule has 0 saturated heterocycles. The number of benzene rings is 1. The fourth-order valence-corrected chi connectivity index (χ4v) is 2.64. The normalized spacial score (nSPS) is 14.0. The first kappa shape index (κ1) is 15.4. The van der Waals surface area contributed by atoms with Gasteiger partial charge in [0, 0.05) is 23.5 Å². The summed E-state index contributed by atoms with van der Waals surface area (Å²) in [5, 5.41) is 9.37. The maximum Gasteiger partial charge on any atom is 0.323 e. The van der Waals surface area contributed by atoms with Crippen LogP contribution in [0.3, 0.4) is 0 Å². The molecule has 1 aliphatic carbocycles. The number of aliphatic carboxylic acids is 1. The number of halogens is 1. The van der Waals surface area contributed by atoms with E-state index in [-0.39, 0.29) is 13.1 Å². The number of pyridine rings is 1. The Bertz CT molecular complexity index is 787. The lowest BCUT2D eigenvalue weighted by molar-refractivity contribution is -0.137. The summed E-state index contributed by atoms with van der Waals surface area (Å²) in [5.74, 6) is -1.60. The molecule has 3 rings (SSSR count). The third kappa shape index (κ3) is 3.16. The number of carbonyl (C=O) groups excluding carboxylic acids is 1. The van der Waals surface area contributed by atoms with Crippen LogP contribution in [0, 0.1) is 5.82 Å². The van der Waals surface area contributed by atoms with Crippen molar-refractivity contribution < 1.29 is 19.1 Å². The van der Waals surface area contributed by atoms with Crippen LogP contribution in [0.25, 0.3) is 10.9 Å². The largest absolute Gasteiger partial charge is 0.480 e. The molecule has 1 aromatic carbocycles. The Morgan fingerprint density at radius 3 is 2.70 bits per heavy atom. The van der Waals surface area contributed by atoms with Crippen LogP contribution in [0.4, 0.5) is 4.39 Å². The van der Waals surface area contributed by atoms with E-state index in [2.05, 4.69) is 4.98 Å². The Hall–Kier alpha value is -2.50. The SMILES string of the molecule is CCN(CC(=O)O)C(=O)c1cc(C2CC2)nc2ccc(F)cc12. The van der Waals surface area contributed by atoms with Gasteiger partial charge in [-0.1, -0.05) is 0 Å². The van der Waals surface area contributed by atoms with Gasteiger partial charge in [0.2, 0.25) is 0 Å². The number of carboxylic acids is 1. The monoisotopic (exact) mass is 316 g/mol. The molecular weight excluding hydrogens is 299 g/mol. The van der Waals surface area contributed by atoms with Crippen molar-refractivity contribution in [1.29, 1.82) is 0 Å². The second kappa shape index (κ2) is 5.95. The van der Waals surface area contributed by atoms with E-state index in [4.69, 9.17) is 5.11 Å². The summed E-state index contributed by atoms with van der Waals surface area (Å²) in [7, 11) is 0. The van der Waals surface area contributed by atoms with Crippen LogP contribution < -0.4 is 0 Å². The van der Waals surface area contributed by atoms with Crippen LogP contribution in [-0.2, 0) is 4.79 Å². The molecule has 1 N–H and O–H groups in total. The number of hydrogen-bond acceptors (Lipinski definition) is 3. The van der Waals surface area contributed by atoms with Gasteiger partial charge >= 0.3 is 5.97 Å². The van der Waals surface area contributed by atoms with Crippen LogP contribution in [0.2, 0.25) is 0 Å². The van der Waals surface area contributed by atoms with E-state index in [9.17, 15) is 14.0 Å². The van der Waals surface area contributed by atoms with Gasteiger partial charge in [0.1, 0.15) is 12.4 Å². The molecule has 2 aromatic rings. The highest BCUT2D eigenvalue weighted by atomic mass is 19.1. The summed E-state index contributed by atoms with van der Waals surface area (Å²) >= 11 is 0. The van der Waals surface area contributed by atoms with Gasteiger partial charge in [-0.15, -0.1) is 0 Å². The Kier molecular flexibility index (Phi) is 3.98. The van der Waals surface area contributed by atoms with Gasteiger partial charge in [0.15, 0.2) is 0 Å². The molecule has 0 radical (unpaired) electrons. The third-order valence-electron chi connectivity index (χ3n) is 4.01. The molecule has 1 saturated carbocycles. The number of hydrogen-bond donors (Lipinski definition) is 1. The first-order valence-corrected chi connectivity index (χ1v) is 7.61. The van der Waals surface area contributed by atoms with E-state index < -0.39 is 17.7 Å². The lowest BCUT2D eigenvalue weighted by atomic mass is 10.0. The number of rotatable bonds is 5. The van der Waals surface area contributed by atoms with Gasteiger partial charge < -0.3 is 10.0 Å². The molecule has 1 fully saturated rings. The predicted octanol–water partition coefficient (Wildman–Crippen LogP) is 2.80. The van der Waals surface area contributed by atoms with Crippen molar-refractivity contribution in [1.82, 2.24) is 9.88 Å². The van der Waals surface area contributed by atoms with Crippen LogP contribution in [0.15, 0.2) is 24.3 Å². The standard InChI is InChI=1S/C17H17FN2O3/c1-2-20(9-16(21)22)17(23)13-8-15(10-3-4-10)19-14-6-5-11(18)7-12(13)14/h5-8,10H,2-4,9H2,1H3,(H,21,22). The van der Waals surface area contributed by atoms with Gasteiger partial charge in [0.05, 0.1) is 11.1 Å². The van der Waals surface area contributed by atoms with Gasteiger partial charge in [-0.2, -0.15) is 0 Å². The molecule has 1 aliphatic rings. The summed E-state index contributed by atoms with van der Waals surface area (Å²) in [4.78, 5) is 29.4. The van der Waals surface area contributed by atoms with E-state index >= 15 is 0 Å². The zero-order chi connectivity index (χ0) is 16.6. The molecule has 0 unspecified atom stereocenters. The topological polar surface area (TPSA) is 70.5 Å². The summed E-state index contributed by atoms with van der Waals surface area (Å²) in [6.07, 6.45) is 2.06. The summed E-state index contributed by atoms with van der Waals surface area (Å²) < 4.78 is 13.6. The summed E-state index contributed by atoms with van der Waals surface area (Å²) in [6, 6.07) is 5.84. The second-order valence-corrected chi connectivity index (χ2v) is 5.74. The number of likely N-dealkylation sites (N-methyl/N-ethyl adjacent to an activating group) is 1. The molecule has 1 aromatic heterocycles. The average molecular weight is 316 g/mol. The third-order valence-corrected chi connectivity index (χ3v) is 4.01. The molecule has 6 heteroatoms. The second-order valence-electron chi connectivity index (χ2n) is 5.74. The molecule has 120 valence electrons. The molecular formula is C17H17FN2O3. The molecule has 0 aliphatic heterocycles. The molecule has 0 bridgehead atoms. The van der Waals surface area contributed by atoms with E-state index in [1.54, 1.807) is 19.1 Å². The lowest BCUT2D eigenvalue weighted by Crippen LogP contribution is -2.35. The molecule has 0 spiro atoms. The van der Waals surface area contributed by atoms with Crippen LogP contribution in [0.5, 0.6) is 0 Å². The van der Waals surface area contributed by atoms with Gasteiger partial charge in [-0.25, -0.2) is 4.39 Å². The molecule has 23 heavy (non-hydrogen) atoms. The quantitative estimate of drug-likeness (QED) is 0.921. The molecule has 1 heterocycles. The number of fused-ring (bicyclic) bond motifs is 1. The highest BCUT2D eigenvalue weighted by Gasteiger charge is 2.28. The van der Waals surface area contributed by atoms with Crippen molar-refractivity contribution in [3.8, 4) is 0 Å². The zero-order valence-corrected chi connectivity index (χ0v) is 12.8. The van der Waals surface area contributed by atoms with Crippen LogP contribution in [0.1, 0.15) is 41.7 Å². The van der Waals surface area contributed by atoms with Gasteiger partial charge in [-0.05, 0) is 44.0 Å². The number of carboxylic acid groups (broad SMARTS) is 1. The average Bonchev–Trinajstić information content (AvgIpc) is 3.35. The Balaban J connectivity index is 2.11. The van der Waals surface area contributed by atoms with Crippen molar-refractivity contribution in [2.75, 3.05) is 13.1 Å². The van der Waals surface area contributed by atoms with Crippen molar-refractivity contribution >= 4 is 22.8 Å². The fourth-order valence-electron chi connectivity index (χ4n) is 2.64. The zero-order valence-electron chi connectivity index (χ0n) is 12.8.